The van der Waals surface area contributed by atoms with E-state index in [9.17, 15) is 4.79 Å². The summed E-state index contributed by atoms with van der Waals surface area (Å²) in [5.74, 6) is 0.263. The monoisotopic (exact) mass is 319 g/mol. The zero-order valence-electron chi connectivity index (χ0n) is 11.7. The third-order valence-electron chi connectivity index (χ3n) is 3.41. The van der Waals surface area contributed by atoms with Crippen LogP contribution in [0.4, 0.5) is 0 Å². The van der Waals surface area contributed by atoms with Crippen molar-refractivity contribution < 1.29 is 9.21 Å². The van der Waals surface area contributed by atoms with E-state index in [0.29, 0.717) is 22.9 Å². The highest BCUT2D eigenvalue weighted by molar-refractivity contribution is 7.09. The van der Waals surface area contributed by atoms with Gasteiger partial charge in [-0.3, -0.25) is 4.79 Å². The summed E-state index contributed by atoms with van der Waals surface area (Å²) in [4.78, 5) is 15.4. The van der Waals surface area contributed by atoms with Crippen molar-refractivity contribution in [2.75, 3.05) is 7.05 Å². The molecule has 21 heavy (non-hydrogen) atoms. The molecule has 0 aliphatic heterocycles. The van der Waals surface area contributed by atoms with Gasteiger partial charge in [-0.1, -0.05) is 17.7 Å². The highest BCUT2D eigenvalue weighted by Crippen LogP contribution is 2.28. The number of nitrogens with zero attached hydrogens (tertiary/aromatic N) is 1. The van der Waals surface area contributed by atoms with Crippen molar-refractivity contribution in [1.82, 2.24) is 4.90 Å². The van der Waals surface area contributed by atoms with Crippen LogP contribution in [-0.4, -0.2) is 17.9 Å². The van der Waals surface area contributed by atoms with Gasteiger partial charge in [-0.15, -0.1) is 11.3 Å². The van der Waals surface area contributed by atoms with Gasteiger partial charge in [-0.2, -0.15) is 0 Å². The van der Waals surface area contributed by atoms with Crippen LogP contribution in [0.3, 0.4) is 0 Å². The van der Waals surface area contributed by atoms with Crippen molar-refractivity contribution in [2.45, 2.75) is 13.5 Å². The van der Waals surface area contributed by atoms with E-state index >= 15 is 0 Å². The summed E-state index contributed by atoms with van der Waals surface area (Å²) in [5, 5.41) is 3.52. The van der Waals surface area contributed by atoms with Gasteiger partial charge in [-0.25, -0.2) is 0 Å². The van der Waals surface area contributed by atoms with Gasteiger partial charge < -0.3 is 9.32 Å². The SMILES string of the molecule is Cc1c(C(=O)N(C)Cc2cccs2)oc2ccc(Cl)cc12. The highest BCUT2D eigenvalue weighted by atomic mass is 35.5. The summed E-state index contributed by atoms with van der Waals surface area (Å²) in [6.45, 7) is 2.46. The quantitative estimate of drug-likeness (QED) is 0.699. The van der Waals surface area contributed by atoms with Crippen LogP contribution in [0.2, 0.25) is 5.02 Å². The van der Waals surface area contributed by atoms with Crippen molar-refractivity contribution in [3.63, 3.8) is 0 Å². The minimum Gasteiger partial charge on any atom is -0.451 e. The number of fused-ring (bicyclic) bond motifs is 1. The number of hydrogen-bond acceptors (Lipinski definition) is 3. The highest BCUT2D eigenvalue weighted by Gasteiger charge is 2.21. The number of hydrogen-bond donors (Lipinski definition) is 0. The second kappa shape index (κ2) is 5.54. The lowest BCUT2D eigenvalue weighted by atomic mass is 10.1. The summed E-state index contributed by atoms with van der Waals surface area (Å²) in [5.41, 5.74) is 1.51. The third-order valence-corrected chi connectivity index (χ3v) is 4.51. The molecule has 2 heterocycles. The van der Waals surface area contributed by atoms with Crippen molar-refractivity contribution in [3.05, 3.63) is 56.9 Å². The van der Waals surface area contributed by atoms with E-state index in [1.807, 2.05) is 30.5 Å². The van der Waals surface area contributed by atoms with Gasteiger partial charge in [0.05, 0.1) is 6.54 Å². The Labute approximate surface area is 131 Å². The zero-order chi connectivity index (χ0) is 15.0. The van der Waals surface area contributed by atoms with Gasteiger partial charge >= 0.3 is 0 Å². The van der Waals surface area contributed by atoms with Gasteiger partial charge in [0, 0.05) is 27.9 Å². The molecule has 3 nitrogen and oxygen atoms in total. The Morgan fingerprint density at radius 3 is 2.90 bits per heavy atom. The van der Waals surface area contributed by atoms with Gasteiger partial charge in [0.15, 0.2) is 5.76 Å². The van der Waals surface area contributed by atoms with Crippen LogP contribution in [0.5, 0.6) is 0 Å². The summed E-state index contributed by atoms with van der Waals surface area (Å²) < 4.78 is 5.71. The lowest BCUT2D eigenvalue weighted by Crippen LogP contribution is -2.25. The van der Waals surface area contributed by atoms with Gasteiger partial charge in [-0.05, 0) is 36.6 Å². The van der Waals surface area contributed by atoms with Crippen molar-refractivity contribution in [2.24, 2.45) is 0 Å². The van der Waals surface area contributed by atoms with Crippen LogP contribution in [0.25, 0.3) is 11.0 Å². The topological polar surface area (TPSA) is 33.5 Å². The van der Waals surface area contributed by atoms with E-state index in [1.54, 1.807) is 35.4 Å². The van der Waals surface area contributed by atoms with Gasteiger partial charge in [0.1, 0.15) is 5.58 Å². The molecule has 5 heteroatoms. The smallest absolute Gasteiger partial charge is 0.289 e. The fourth-order valence-corrected chi connectivity index (χ4v) is 3.21. The molecule has 0 radical (unpaired) electrons. The summed E-state index contributed by atoms with van der Waals surface area (Å²) in [7, 11) is 1.78. The molecule has 3 rings (SSSR count). The van der Waals surface area contributed by atoms with E-state index < -0.39 is 0 Å². The van der Waals surface area contributed by atoms with E-state index in [2.05, 4.69) is 0 Å². The molecule has 0 N–H and O–H groups in total. The van der Waals surface area contributed by atoms with Gasteiger partial charge in [0.2, 0.25) is 0 Å². The average Bonchev–Trinajstić information content (AvgIpc) is 3.07. The molecular weight excluding hydrogens is 306 g/mol. The molecule has 3 aromatic rings. The molecule has 0 unspecified atom stereocenters. The second-order valence-electron chi connectivity index (χ2n) is 4.94. The molecule has 0 atom stereocenters. The Morgan fingerprint density at radius 1 is 1.38 bits per heavy atom. The van der Waals surface area contributed by atoms with E-state index in [0.717, 1.165) is 15.8 Å². The first-order valence-electron chi connectivity index (χ1n) is 6.53. The molecular formula is C16H14ClNO2S. The Kier molecular flexibility index (Phi) is 3.74. The van der Waals surface area contributed by atoms with Crippen molar-refractivity contribution >= 4 is 39.8 Å². The zero-order valence-corrected chi connectivity index (χ0v) is 13.3. The number of aryl methyl sites for hydroxylation is 1. The first-order valence-corrected chi connectivity index (χ1v) is 7.78. The van der Waals surface area contributed by atoms with Crippen LogP contribution in [0.15, 0.2) is 40.1 Å². The summed E-state index contributed by atoms with van der Waals surface area (Å²) in [6.07, 6.45) is 0. The lowest BCUT2D eigenvalue weighted by molar-refractivity contribution is 0.0756. The number of rotatable bonds is 3. The minimum absolute atomic E-state index is 0.117. The molecule has 108 valence electrons. The van der Waals surface area contributed by atoms with Crippen LogP contribution in [0, 0.1) is 6.92 Å². The van der Waals surface area contributed by atoms with Gasteiger partial charge in [0.25, 0.3) is 5.91 Å². The second-order valence-corrected chi connectivity index (χ2v) is 6.41. The molecule has 0 saturated carbocycles. The maximum atomic E-state index is 12.6. The number of benzene rings is 1. The normalized spacial score (nSPS) is 11.0. The molecule has 1 amide bonds. The Hall–Kier alpha value is -1.78. The molecule has 0 bridgehead atoms. The third kappa shape index (κ3) is 2.69. The number of carbonyl (C=O) groups excluding carboxylic acids is 1. The minimum atomic E-state index is -0.117. The molecule has 1 aromatic carbocycles. The van der Waals surface area contributed by atoms with Crippen LogP contribution < -0.4 is 0 Å². The summed E-state index contributed by atoms with van der Waals surface area (Å²) >= 11 is 7.63. The molecule has 0 spiro atoms. The summed E-state index contributed by atoms with van der Waals surface area (Å²) in [6, 6.07) is 9.37. The predicted octanol–water partition coefficient (Wildman–Crippen LogP) is 4.73. The molecule has 2 aromatic heterocycles. The number of furan rings is 1. The fraction of sp³-hybridized carbons (Fsp3) is 0.188. The molecule has 0 fully saturated rings. The lowest BCUT2D eigenvalue weighted by Gasteiger charge is -2.14. The first-order chi connectivity index (χ1) is 10.1. The molecule has 0 saturated heterocycles. The predicted molar refractivity (Wildman–Crippen MR) is 86.1 cm³/mol. The van der Waals surface area contributed by atoms with E-state index in [4.69, 9.17) is 16.0 Å². The first kappa shape index (κ1) is 14.2. The average molecular weight is 320 g/mol. The Bertz CT molecular complexity index is 792. The molecule has 0 aliphatic rings. The Balaban J connectivity index is 1.92. The standard InChI is InChI=1S/C16H14ClNO2S/c1-10-13-8-11(17)5-6-14(13)20-15(10)16(19)18(2)9-12-4-3-7-21-12/h3-8H,9H2,1-2H3. The number of amides is 1. The van der Waals surface area contributed by atoms with Crippen molar-refractivity contribution in [1.29, 1.82) is 0 Å². The number of carbonyl (C=O) groups is 1. The fourth-order valence-electron chi connectivity index (χ4n) is 2.28. The van der Waals surface area contributed by atoms with E-state index in [-0.39, 0.29) is 5.91 Å². The van der Waals surface area contributed by atoms with Crippen LogP contribution >= 0.6 is 22.9 Å². The maximum absolute atomic E-state index is 12.6. The largest absolute Gasteiger partial charge is 0.451 e. The molecule has 0 aliphatic carbocycles. The van der Waals surface area contributed by atoms with E-state index in [1.165, 1.54) is 0 Å². The maximum Gasteiger partial charge on any atom is 0.289 e. The number of thiophene rings is 1. The number of halogens is 1. The van der Waals surface area contributed by atoms with Crippen LogP contribution in [-0.2, 0) is 6.54 Å². The van der Waals surface area contributed by atoms with Crippen molar-refractivity contribution in [3.8, 4) is 0 Å². The van der Waals surface area contributed by atoms with Crippen LogP contribution in [0.1, 0.15) is 21.0 Å². The Morgan fingerprint density at radius 2 is 2.19 bits per heavy atom.